The standard InChI is InChI=1S/C24H30N6O4/c1-25-22-12-21(27-18-6-3-9-29(24(18)32)16-5-4-10-34-14-16)28-23-17(13-26-30(22)23)19(31)11-15-7-8-20(15)33-2/h3,6,9,12-13,15-16,20,25H,4-5,7-8,10-11,14H2,1-2H3,(H,27,28)/t15-,16+,20+/m0/s1. The Kier molecular flexibility index (Phi) is 6.34. The highest BCUT2D eigenvalue weighted by Gasteiger charge is 2.33. The lowest BCUT2D eigenvalue weighted by Crippen LogP contribution is -2.34. The van der Waals surface area contributed by atoms with E-state index in [2.05, 4.69) is 20.7 Å². The van der Waals surface area contributed by atoms with Crippen LogP contribution in [0.2, 0.25) is 0 Å². The fraction of sp³-hybridized carbons (Fsp3) is 0.500. The predicted octanol–water partition coefficient (Wildman–Crippen LogP) is 3.03. The molecule has 4 heterocycles. The minimum Gasteiger partial charge on any atom is -0.381 e. The highest BCUT2D eigenvalue weighted by Crippen LogP contribution is 2.34. The van der Waals surface area contributed by atoms with Gasteiger partial charge in [-0.3, -0.25) is 9.59 Å². The molecule has 1 aliphatic heterocycles. The predicted molar refractivity (Wildman–Crippen MR) is 128 cm³/mol. The summed E-state index contributed by atoms with van der Waals surface area (Å²) >= 11 is 0. The van der Waals surface area contributed by atoms with Crippen molar-refractivity contribution in [1.82, 2.24) is 19.2 Å². The summed E-state index contributed by atoms with van der Waals surface area (Å²) < 4.78 is 14.3. The van der Waals surface area contributed by atoms with Gasteiger partial charge in [0.25, 0.3) is 5.56 Å². The van der Waals surface area contributed by atoms with Crippen LogP contribution in [0.4, 0.5) is 17.3 Å². The SMILES string of the molecule is CNc1cc(Nc2cccn([C@@H]3CCCOC3)c2=O)nc2c(C(=O)C[C@@H]3CC[C@H]3OC)cnn12. The van der Waals surface area contributed by atoms with E-state index in [0.29, 0.717) is 41.6 Å². The summed E-state index contributed by atoms with van der Waals surface area (Å²) in [7, 11) is 3.46. The van der Waals surface area contributed by atoms with Crippen molar-refractivity contribution in [2.24, 2.45) is 5.92 Å². The molecule has 3 atom stereocenters. The van der Waals surface area contributed by atoms with Gasteiger partial charge >= 0.3 is 0 Å². The molecule has 10 heteroatoms. The lowest BCUT2D eigenvalue weighted by atomic mass is 9.78. The van der Waals surface area contributed by atoms with Crippen LogP contribution in [0.5, 0.6) is 0 Å². The number of fused-ring (bicyclic) bond motifs is 1. The highest BCUT2D eigenvalue weighted by molar-refractivity contribution is 6.01. The van der Waals surface area contributed by atoms with Gasteiger partial charge in [0.1, 0.15) is 17.3 Å². The maximum Gasteiger partial charge on any atom is 0.274 e. The molecule has 10 nitrogen and oxygen atoms in total. The van der Waals surface area contributed by atoms with Crippen LogP contribution in [-0.2, 0) is 9.47 Å². The van der Waals surface area contributed by atoms with E-state index in [1.54, 1.807) is 47.8 Å². The molecule has 0 unspecified atom stereocenters. The van der Waals surface area contributed by atoms with Crippen molar-refractivity contribution < 1.29 is 14.3 Å². The lowest BCUT2D eigenvalue weighted by molar-refractivity contribution is -0.0171. The Morgan fingerprint density at radius 1 is 1.32 bits per heavy atom. The molecule has 2 aliphatic rings. The molecule has 180 valence electrons. The van der Waals surface area contributed by atoms with E-state index < -0.39 is 0 Å². The maximum absolute atomic E-state index is 13.2. The number of aromatic nitrogens is 4. The molecule has 2 fully saturated rings. The van der Waals surface area contributed by atoms with Crippen LogP contribution in [0.1, 0.15) is 48.5 Å². The molecule has 1 saturated carbocycles. The molecule has 0 aromatic carbocycles. The molecule has 0 radical (unpaired) electrons. The van der Waals surface area contributed by atoms with Crippen molar-refractivity contribution in [3.05, 3.63) is 46.5 Å². The summed E-state index contributed by atoms with van der Waals surface area (Å²) in [6.07, 6.45) is 7.71. The lowest BCUT2D eigenvalue weighted by Gasteiger charge is -2.34. The van der Waals surface area contributed by atoms with Gasteiger partial charge in [-0.1, -0.05) is 0 Å². The first kappa shape index (κ1) is 22.5. The van der Waals surface area contributed by atoms with Gasteiger partial charge in [0.05, 0.1) is 30.5 Å². The zero-order chi connectivity index (χ0) is 23.7. The molecule has 34 heavy (non-hydrogen) atoms. The molecule has 5 rings (SSSR count). The van der Waals surface area contributed by atoms with Crippen molar-refractivity contribution >= 4 is 28.8 Å². The number of nitrogens with one attached hydrogen (secondary N) is 2. The Balaban J connectivity index is 1.44. The number of ketones is 1. The Morgan fingerprint density at radius 2 is 2.21 bits per heavy atom. The van der Waals surface area contributed by atoms with Crippen LogP contribution in [-0.4, -0.2) is 58.4 Å². The second-order valence-electron chi connectivity index (χ2n) is 8.94. The van der Waals surface area contributed by atoms with E-state index in [1.165, 1.54) is 0 Å². The van der Waals surface area contributed by atoms with E-state index in [4.69, 9.17) is 9.47 Å². The van der Waals surface area contributed by atoms with Gasteiger partial charge in [-0.15, -0.1) is 0 Å². The molecule has 1 aliphatic carbocycles. The van der Waals surface area contributed by atoms with Crippen molar-refractivity contribution in [2.75, 3.05) is 38.0 Å². The zero-order valence-electron chi connectivity index (χ0n) is 19.5. The molecule has 1 saturated heterocycles. The van der Waals surface area contributed by atoms with Gasteiger partial charge in [0, 0.05) is 39.4 Å². The van der Waals surface area contributed by atoms with Crippen LogP contribution in [0.3, 0.4) is 0 Å². The maximum atomic E-state index is 13.2. The fourth-order valence-corrected chi connectivity index (χ4v) is 4.81. The van der Waals surface area contributed by atoms with E-state index >= 15 is 0 Å². The molecule has 0 bridgehead atoms. The first-order chi connectivity index (χ1) is 16.6. The number of rotatable bonds is 8. The number of hydrogen-bond donors (Lipinski definition) is 2. The smallest absolute Gasteiger partial charge is 0.274 e. The number of carbonyl (C=O) groups is 1. The van der Waals surface area contributed by atoms with Crippen molar-refractivity contribution in [3.8, 4) is 0 Å². The second kappa shape index (κ2) is 9.55. The van der Waals surface area contributed by atoms with E-state index in [9.17, 15) is 9.59 Å². The van der Waals surface area contributed by atoms with Crippen molar-refractivity contribution in [2.45, 2.75) is 44.2 Å². The number of carbonyl (C=O) groups excluding carboxylic acids is 1. The topological polar surface area (TPSA) is 112 Å². The van der Waals surface area contributed by atoms with Crippen molar-refractivity contribution in [1.29, 1.82) is 0 Å². The summed E-state index contributed by atoms with van der Waals surface area (Å²) in [6, 6.07) is 5.36. The van der Waals surface area contributed by atoms with Crippen LogP contribution in [0, 0.1) is 5.92 Å². The molecule has 3 aromatic rings. The number of nitrogens with zero attached hydrogens (tertiary/aromatic N) is 4. The third-order valence-corrected chi connectivity index (χ3v) is 6.89. The number of methoxy groups -OCH3 is 1. The van der Waals surface area contributed by atoms with E-state index in [0.717, 1.165) is 32.3 Å². The summed E-state index contributed by atoms with van der Waals surface area (Å²) in [6.45, 7) is 1.27. The average Bonchev–Trinajstić information content (AvgIpc) is 3.27. The Hall–Kier alpha value is -3.24. The van der Waals surface area contributed by atoms with Crippen LogP contribution in [0.25, 0.3) is 5.65 Å². The molecular formula is C24H30N6O4. The third-order valence-electron chi connectivity index (χ3n) is 6.89. The summed E-state index contributed by atoms with van der Waals surface area (Å²) in [5, 5.41) is 10.6. The molecular weight excluding hydrogens is 436 g/mol. The Morgan fingerprint density at radius 3 is 2.91 bits per heavy atom. The number of ether oxygens (including phenoxy) is 2. The van der Waals surface area contributed by atoms with E-state index in [-0.39, 0.29) is 29.4 Å². The van der Waals surface area contributed by atoms with Gasteiger partial charge in [-0.2, -0.15) is 9.61 Å². The minimum atomic E-state index is -0.133. The second-order valence-corrected chi connectivity index (χ2v) is 8.94. The molecule has 3 aromatic heterocycles. The average molecular weight is 467 g/mol. The molecule has 0 amide bonds. The highest BCUT2D eigenvalue weighted by atomic mass is 16.5. The largest absolute Gasteiger partial charge is 0.381 e. The third kappa shape index (κ3) is 4.19. The van der Waals surface area contributed by atoms with Gasteiger partial charge in [0.2, 0.25) is 0 Å². The van der Waals surface area contributed by atoms with Crippen LogP contribution < -0.4 is 16.2 Å². The Labute approximate surface area is 197 Å². The van der Waals surface area contributed by atoms with Crippen LogP contribution >= 0.6 is 0 Å². The Bertz CT molecular complexity index is 1240. The van der Waals surface area contributed by atoms with E-state index in [1.807, 2.05) is 6.07 Å². The zero-order valence-corrected chi connectivity index (χ0v) is 19.5. The van der Waals surface area contributed by atoms with Gasteiger partial charge in [0.15, 0.2) is 11.4 Å². The number of pyridine rings is 1. The number of anilines is 3. The summed E-state index contributed by atoms with van der Waals surface area (Å²) in [5.74, 6) is 1.33. The fourth-order valence-electron chi connectivity index (χ4n) is 4.81. The monoisotopic (exact) mass is 466 g/mol. The number of hydrogen-bond acceptors (Lipinski definition) is 8. The summed E-state index contributed by atoms with van der Waals surface area (Å²) in [5.41, 5.74) is 1.19. The quantitative estimate of drug-likeness (QED) is 0.487. The van der Waals surface area contributed by atoms with Gasteiger partial charge in [-0.05, 0) is 43.7 Å². The van der Waals surface area contributed by atoms with Gasteiger partial charge < -0.3 is 24.7 Å². The van der Waals surface area contributed by atoms with Gasteiger partial charge in [-0.25, -0.2) is 4.98 Å². The van der Waals surface area contributed by atoms with Crippen molar-refractivity contribution in [3.63, 3.8) is 0 Å². The molecule has 2 N–H and O–H groups in total. The minimum absolute atomic E-state index is 0.00665. The first-order valence-electron chi connectivity index (χ1n) is 11.8. The van der Waals surface area contributed by atoms with Crippen LogP contribution in [0.15, 0.2) is 35.4 Å². The normalized spacial score (nSPS) is 22.4. The first-order valence-corrected chi connectivity index (χ1v) is 11.8. The number of Topliss-reactive ketones (excluding diaryl/α,β-unsaturated/α-hetero) is 1. The molecule has 0 spiro atoms. The summed E-state index contributed by atoms with van der Waals surface area (Å²) in [4.78, 5) is 30.9.